The van der Waals surface area contributed by atoms with E-state index >= 15 is 0 Å². The Morgan fingerprint density at radius 2 is 1.45 bits per heavy atom. The third kappa shape index (κ3) is 11.6. The van der Waals surface area contributed by atoms with Gasteiger partial charge in [-0.3, -0.25) is 4.79 Å². The molecule has 1 aliphatic carbocycles. The van der Waals surface area contributed by atoms with Crippen molar-refractivity contribution in [3.8, 4) is 0 Å². The van der Waals surface area contributed by atoms with Crippen molar-refractivity contribution in [1.29, 1.82) is 0 Å². The minimum Gasteiger partial charge on any atom is -0.744 e. The van der Waals surface area contributed by atoms with Gasteiger partial charge in [0.25, 0.3) is 0 Å². The third-order valence-electron chi connectivity index (χ3n) is 12.9. The molecule has 3 aromatic carbocycles. The van der Waals surface area contributed by atoms with E-state index in [1.54, 1.807) is 12.1 Å². The first-order chi connectivity index (χ1) is 30.1. The van der Waals surface area contributed by atoms with Crippen LogP contribution in [0.3, 0.4) is 0 Å². The summed E-state index contributed by atoms with van der Waals surface area (Å²) < 4.78 is 66.2. The topological polar surface area (TPSA) is 147 Å². The lowest BCUT2D eigenvalue weighted by Crippen LogP contribution is -2.37. The van der Waals surface area contributed by atoms with Gasteiger partial charge < -0.3 is 28.8 Å². The van der Waals surface area contributed by atoms with Gasteiger partial charge in [0.2, 0.25) is 5.69 Å². The molecular formula is C51H69N5O7S2+2. The lowest BCUT2D eigenvalue weighted by molar-refractivity contribution is -0.871. The highest BCUT2D eigenvalue weighted by Crippen LogP contribution is 2.49. The average molecular weight is 928 g/mol. The number of sulfone groups is 1. The summed E-state index contributed by atoms with van der Waals surface area (Å²) >= 11 is 0. The molecule has 2 N–H and O–H groups in total. The Kier molecular flexibility index (Phi) is 14.1. The van der Waals surface area contributed by atoms with Crippen molar-refractivity contribution in [3.05, 3.63) is 124 Å². The van der Waals surface area contributed by atoms with Crippen molar-refractivity contribution in [2.24, 2.45) is 0 Å². The highest BCUT2D eigenvalue weighted by molar-refractivity contribution is 7.90. The minimum absolute atomic E-state index is 0.0743. The van der Waals surface area contributed by atoms with E-state index in [0.717, 1.165) is 117 Å². The molecule has 0 unspecified atom stereocenters. The van der Waals surface area contributed by atoms with Crippen LogP contribution in [0.15, 0.2) is 117 Å². The van der Waals surface area contributed by atoms with Crippen molar-refractivity contribution in [2.45, 2.75) is 86.8 Å². The number of carboxylic acids is 1. The van der Waals surface area contributed by atoms with Crippen LogP contribution in [0.25, 0.3) is 0 Å². The summed E-state index contributed by atoms with van der Waals surface area (Å²) in [5.41, 5.74) is 9.27. The van der Waals surface area contributed by atoms with E-state index in [0.29, 0.717) is 17.0 Å². The zero-order valence-electron chi connectivity index (χ0n) is 40.2. The molecule has 12 nitrogen and oxygen atoms in total. The number of fused-ring (bicyclic) bond motifs is 2. The molecule has 0 radical (unpaired) electrons. The summed E-state index contributed by atoms with van der Waals surface area (Å²) in [6.45, 7) is 11.8. The van der Waals surface area contributed by atoms with Crippen molar-refractivity contribution >= 4 is 48.7 Å². The van der Waals surface area contributed by atoms with Gasteiger partial charge in [-0.25, -0.2) is 16.8 Å². The SMILES string of the molecule is CC1(C)C(=CC=C2CCCC(C=CC3=[N+](CCC[N+](C)(C)C)c4ccc(S(C)(=O)=O)cc4C3(C)C)=C2Nc2ccc(CC(=O)O)cc2)N(CCC[N+](C)(C)C)c2ccc(S(=O)(=O)[O-])cc21. The van der Waals surface area contributed by atoms with Crippen LogP contribution >= 0.6 is 0 Å². The van der Waals surface area contributed by atoms with Gasteiger partial charge in [0.15, 0.2) is 22.1 Å². The Morgan fingerprint density at radius 3 is 2.06 bits per heavy atom. The molecule has 3 aliphatic rings. The Morgan fingerprint density at radius 1 is 0.815 bits per heavy atom. The number of aliphatic carboxylic acids is 1. The predicted octanol–water partition coefficient (Wildman–Crippen LogP) is 7.90. The van der Waals surface area contributed by atoms with Gasteiger partial charge in [-0.05, 0) is 104 Å². The number of nitrogens with one attached hydrogen (secondary N) is 1. The number of allylic oxidation sites excluding steroid dienone is 7. The Bertz CT molecular complexity index is 2730. The molecule has 65 heavy (non-hydrogen) atoms. The molecule has 0 spiro atoms. The van der Waals surface area contributed by atoms with Gasteiger partial charge in [-0.2, -0.15) is 4.58 Å². The first-order valence-electron chi connectivity index (χ1n) is 22.5. The van der Waals surface area contributed by atoms with Gasteiger partial charge in [0, 0.05) is 65.1 Å². The normalized spacial score (nSPS) is 18.9. The molecule has 14 heteroatoms. The molecular weight excluding hydrogens is 859 g/mol. The highest BCUT2D eigenvalue weighted by atomic mass is 32.2. The number of nitrogens with zero attached hydrogens (tertiary/aromatic N) is 4. The number of carbonyl (C=O) groups is 1. The van der Waals surface area contributed by atoms with Crippen molar-refractivity contribution < 1.29 is 44.8 Å². The molecule has 0 bridgehead atoms. The smallest absolute Gasteiger partial charge is 0.307 e. The largest absolute Gasteiger partial charge is 0.744 e. The Balaban J connectivity index is 1.49. The second-order valence-corrected chi connectivity index (χ2v) is 24.4. The zero-order valence-corrected chi connectivity index (χ0v) is 41.8. The van der Waals surface area contributed by atoms with Gasteiger partial charge in [0.1, 0.15) is 10.1 Å². The maximum absolute atomic E-state index is 12.8. The van der Waals surface area contributed by atoms with E-state index in [1.165, 1.54) is 18.4 Å². The Labute approximate surface area is 387 Å². The average Bonchev–Trinajstić information content (AvgIpc) is 3.53. The minimum atomic E-state index is -4.67. The molecule has 0 saturated heterocycles. The van der Waals surface area contributed by atoms with E-state index in [4.69, 9.17) is 0 Å². The van der Waals surface area contributed by atoms with E-state index < -0.39 is 36.8 Å². The van der Waals surface area contributed by atoms with Crippen molar-refractivity contribution in [3.63, 3.8) is 0 Å². The van der Waals surface area contributed by atoms with E-state index in [9.17, 15) is 31.3 Å². The van der Waals surface area contributed by atoms with Gasteiger partial charge in [-0.15, -0.1) is 0 Å². The maximum atomic E-state index is 12.8. The maximum Gasteiger partial charge on any atom is 0.307 e. The van der Waals surface area contributed by atoms with Gasteiger partial charge in [0.05, 0.1) is 83.4 Å². The number of rotatable bonds is 17. The molecule has 6 rings (SSSR count). The van der Waals surface area contributed by atoms with Crippen LogP contribution < -0.4 is 10.2 Å². The van der Waals surface area contributed by atoms with E-state index in [1.807, 2.05) is 36.4 Å². The van der Waals surface area contributed by atoms with Crippen molar-refractivity contribution in [1.82, 2.24) is 0 Å². The van der Waals surface area contributed by atoms with Crippen LogP contribution in [0.2, 0.25) is 0 Å². The summed E-state index contributed by atoms with van der Waals surface area (Å²) in [7, 11) is 4.94. The summed E-state index contributed by atoms with van der Waals surface area (Å²) in [5.74, 6) is -0.894. The second-order valence-electron chi connectivity index (χ2n) is 21.0. The molecule has 2 heterocycles. The number of hydrogen-bond acceptors (Lipinski definition) is 8. The van der Waals surface area contributed by atoms with Crippen LogP contribution in [-0.2, 0) is 42.0 Å². The zero-order chi connectivity index (χ0) is 47.9. The van der Waals surface area contributed by atoms with Gasteiger partial charge in [-0.1, -0.05) is 38.1 Å². The fourth-order valence-corrected chi connectivity index (χ4v) is 10.5. The lowest BCUT2D eigenvalue weighted by atomic mass is 9.81. The summed E-state index contributed by atoms with van der Waals surface area (Å²) in [5, 5.41) is 13.2. The number of benzene rings is 3. The van der Waals surface area contributed by atoms with E-state index in [-0.39, 0.29) is 11.3 Å². The monoisotopic (exact) mass is 927 g/mol. The number of quaternary nitrogens is 2. The molecule has 0 fully saturated rings. The third-order valence-corrected chi connectivity index (χ3v) is 14.8. The lowest BCUT2D eigenvalue weighted by Gasteiger charge is -2.29. The second kappa shape index (κ2) is 18.4. The van der Waals surface area contributed by atoms with E-state index in [2.05, 4.69) is 109 Å². The first kappa shape index (κ1) is 49.6. The molecule has 3 aromatic rings. The fourth-order valence-electron chi connectivity index (χ4n) is 9.39. The highest BCUT2D eigenvalue weighted by Gasteiger charge is 2.45. The molecule has 2 aliphatic heterocycles. The summed E-state index contributed by atoms with van der Waals surface area (Å²) in [4.78, 5) is 13.8. The molecule has 0 atom stereocenters. The number of carboxylic acid groups (broad SMARTS) is 1. The Hall–Kier alpha value is -4.86. The number of hydrogen-bond donors (Lipinski definition) is 2. The van der Waals surface area contributed by atoms with Crippen LogP contribution in [0.1, 0.15) is 76.5 Å². The summed E-state index contributed by atoms with van der Waals surface area (Å²) in [6.07, 6.45) is 14.2. The van der Waals surface area contributed by atoms with Crippen molar-refractivity contribution in [2.75, 3.05) is 84.9 Å². The van der Waals surface area contributed by atoms with Gasteiger partial charge >= 0.3 is 5.97 Å². The molecule has 0 amide bonds. The fraction of sp³-hybridized carbons (Fsp3) is 0.451. The first-order valence-corrected chi connectivity index (χ1v) is 25.8. The van der Waals surface area contributed by atoms with Crippen LogP contribution in [-0.4, -0.2) is 126 Å². The van der Waals surface area contributed by atoms with Crippen LogP contribution in [0, 0.1) is 0 Å². The quantitative estimate of drug-likeness (QED) is 0.0784. The molecule has 0 saturated carbocycles. The number of anilines is 2. The molecule has 350 valence electrons. The van der Waals surface area contributed by atoms with Crippen LogP contribution in [0.4, 0.5) is 17.1 Å². The summed E-state index contributed by atoms with van der Waals surface area (Å²) in [6, 6.07) is 17.7. The molecule has 0 aromatic heterocycles. The predicted molar refractivity (Wildman–Crippen MR) is 260 cm³/mol. The standard InChI is InChI=1S/C51H67N5O7S2/c1-50(2)42-34-40(64(11,59)60)23-25-44(42)53(29-13-31-55(5,6)7)46(50)27-19-37-15-12-16-38(49(37)52-39-21-17-36(18-22-39)33-48(57)58)20-28-47-51(3,4)43-35-41(65(61,62)63)24-26-45(43)54(47)30-14-32-56(8,9)10/h17-28,34-35H,12-16,29-33H2,1-11H3/p+2. The van der Waals surface area contributed by atoms with Crippen LogP contribution in [0.5, 0.6) is 0 Å².